The van der Waals surface area contributed by atoms with Gasteiger partial charge in [-0.05, 0) is 13.3 Å². The molecule has 1 aliphatic heterocycles. The minimum atomic E-state index is -0.424. The first-order valence-electron chi connectivity index (χ1n) is 4.38. The molecule has 1 rings (SSSR count). The molecule has 5 nitrogen and oxygen atoms in total. The summed E-state index contributed by atoms with van der Waals surface area (Å²) >= 11 is 0. The minimum Gasteiger partial charge on any atom is -0.367 e. The summed E-state index contributed by atoms with van der Waals surface area (Å²) in [6, 6.07) is 0. The molecule has 1 aliphatic rings. The number of rotatable bonds is 2. The highest BCUT2D eigenvalue weighted by molar-refractivity contribution is 5.86. The summed E-state index contributed by atoms with van der Waals surface area (Å²) < 4.78 is 0. The van der Waals surface area contributed by atoms with E-state index in [4.69, 9.17) is 0 Å². The van der Waals surface area contributed by atoms with Crippen molar-refractivity contribution in [2.45, 2.75) is 19.8 Å². The fourth-order valence-electron chi connectivity index (χ4n) is 0.745. The fourth-order valence-corrected chi connectivity index (χ4v) is 0.745. The normalized spacial score (nSPS) is 13.7. The number of carbonyl (C=O) groups excluding carboxylic acids is 2. The van der Waals surface area contributed by atoms with Gasteiger partial charge in [0.05, 0.1) is 0 Å². The maximum Gasteiger partial charge on any atom is 0.351 e. The van der Waals surface area contributed by atoms with Gasteiger partial charge in [-0.15, -0.1) is 0 Å². The van der Waals surface area contributed by atoms with Gasteiger partial charge in [0, 0.05) is 25.6 Å². The fraction of sp³-hybridized carbons (Fsp3) is 0.556. The largest absolute Gasteiger partial charge is 0.367 e. The van der Waals surface area contributed by atoms with Crippen LogP contribution in [-0.2, 0) is 14.4 Å². The molecule has 2 N–H and O–H groups in total. The highest BCUT2D eigenvalue weighted by Gasteiger charge is 2.05. The average molecular weight is 200 g/mol. The zero-order chi connectivity index (χ0) is 11.0. The predicted molar refractivity (Wildman–Crippen MR) is 52.2 cm³/mol. The second-order valence-electron chi connectivity index (χ2n) is 2.83. The Morgan fingerprint density at radius 1 is 1.64 bits per heavy atom. The van der Waals surface area contributed by atoms with Crippen molar-refractivity contribution in [2.75, 3.05) is 13.6 Å². The van der Waals surface area contributed by atoms with Crippen LogP contribution in [0.1, 0.15) is 19.8 Å². The van der Waals surface area contributed by atoms with Gasteiger partial charge in [0.25, 0.3) is 0 Å². The molecule has 1 fully saturated rings. The number of amides is 1. The average Bonchev–Trinajstić information content (AvgIpc) is 2.57. The first-order chi connectivity index (χ1) is 6.57. The molecular weight excluding hydrogens is 184 g/mol. The molecule has 1 amide bonds. The van der Waals surface area contributed by atoms with E-state index in [2.05, 4.69) is 22.2 Å². The molecule has 0 aromatic heterocycles. The molecule has 0 atom stereocenters. The molecule has 0 aromatic carbocycles. The van der Waals surface area contributed by atoms with Gasteiger partial charge in [-0.3, -0.25) is 4.79 Å². The van der Waals surface area contributed by atoms with E-state index in [1.165, 1.54) is 7.05 Å². The van der Waals surface area contributed by atoms with Crippen molar-refractivity contribution in [3.05, 3.63) is 12.2 Å². The molecule has 1 heterocycles. The first kappa shape index (κ1) is 12.6. The molecule has 1 saturated heterocycles. The Morgan fingerprint density at radius 2 is 2.29 bits per heavy atom. The molecule has 0 unspecified atom stereocenters. The predicted octanol–water partition coefficient (Wildman–Crippen LogP) is 0.136. The van der Waals surface area contributed by atoms with Crippen molar-refractivity contribution < 1.29 is 14.4 Å². The Balaban J connectivity index is 0.000000249. The molecule has 0 bridgehead atoms. The summed E-state index contributed by atoms with van der Waals surface area (Å²) in [5.41, 5.74) is 2.63. The number of hydrogen-bond acceptors (Lipinski definition) is 4. The zero-order valence-corrected chi connectivity index (χ0v) is 8.55. The highest BCUT2D eigenvalue weighted by Crippen LogP contribution is 1.93. The van der Waals surface area contributed by atoms with Crippen molar-refractivity contribution in [3.63, 3.8) is 0 Å². The molecule has 0 spiro atoms. The lowest BCUT2D eigenvalue weighted by atomic mass is 10.4. The lowest BCUT2D eigenvalue weighted by molar-refractivity contribution is -0.144. The molecule has 5 heteroatoms. The van der Waals surface area contributed by atoms with Crippen LogP contribution in [-0.4, -0.2) is 25.5 Å². The van der Waals surface area contributed by atoms with Gasteiger partial charge in [-0.1, -0.05) is 6.58 Å². The van der Waals surface area contributed by atoms with Gasteiger partial charge in [0.1, 0.15) is 0 Å². The molecule has 14 heavy (non-hydrogen) atoms. The van der Waals surface area contributed by atoms with E-state index < -0.39 is 5.97 Å². The lowest BCUT2D eigenvalue weighted by Gasteiger charge is -1.96. The Morgan fingerprint density at radius 3 is 2.43 bits per heavy atom. The van der Waals surface area contributed by atoms with Crippen molar-refractivity contribution in [3.8, 4) is 0 Å². The Labute approximate surface area is 83.5 Å². The van der Waals surface area contributed by atoms with Crippen LogP contribution in [0.4, 0.5) is 0 Å². The van der Waals surface area contributed by atoms with Crippen molar-refractivity contribution in [2.24, 2.45) is 0 Å². The van der Waals surface area contributed by atoms with E-state index in [-0.39, 0.29) is 5.91 Å². The topological polar surface area (TPSA) is 67.4 Å². The first-order valence-corrected chi connectivity index (χ1v) is 4.38. The molecule has 0 saturated carbocycles. The Bertz CT molecular complexity index is 218. The maximum atomic E-state index is 10.4. The quantitative estimate of drug-likeness (QED) is 0.491. The number of nitrogens with one attached hydrogen (secondary N) is 2. The van der Waals surface area contributed by atoms with Crippen LogP contribution in [0.25, 0.3) is 0 Å². The van der Waals surface area contributed by atoms with Gasteiger partial charge in [0.15, 0.2) is 0 Å². The molecule has 0 radical (unpaired) electrons. The van der Waals surface area contributed by atoms with E-state index >= 15 is 0 Å². The highest BCUT2D eigenvalue weighted by atomic mass is 16.7. The summed E-state index contributed by atoms with van der Waals surface area (Å²) in [4.78, 5) is 24.8. The lowest BCUT2D eigenvalue weighted by Crippen LogP contribution is -2.14. The second kappa shape index (κ2) is 7.08. The maximum absolute atomic E-state index is 10.4. The van der Waals surface area contributed by atoms with E-state index in [1.54, 1.807) is 6.92 Å². The van der Waals surface area contributed by atoms with Crippen LogP contribution < -0.4 is 10.8 Å². The van der Waals surface area contributed by atoms with E-state index in [0.717, 1.165) is 19.4 Å². The van der Waals surface area contributed by atoms with E-state index in [1.807, 2.05) is 0 Å². The summed E-state index contributed by atoms with van der Waals surface area (Å²) in [6.07, 6.45) is 1.76. The zero-order valence-electron chi connectivity index (χ0n) is 8.55. The third-order valence-corrected chi connectivity index (χ3v) is 1.45. The monoisotopic (exact) mass is 200 g/mol. The van der Waals surface area contributed by atoms with E-state index in [0.29, 0.717) is 5.57 Å². The van der Waals surface area contributed by atoms with Crippen LogP contribution in [0.15, 0.2) is 12.2 Å². The van der Waals surface area contributed by atoms with Gasteiger partial charge in [-0.2, -0.15) is 5.48 Å². The number of hydroxylamine groups is 1. The summed E-state index contributed by atoms with van der Waals surface area (Å²) in [5, 5.41) is 2.68. The summed E-state index contributed by atoms with van der Waals surface area (Å²) in [5.74, 6) is -0.220. The van der Waals surface area contributed by atoms with Crippen molar-refractivity contribution in [1.82, 2.24) is 10.8 Å². The van der Waals surface area contributed by atoms with Crippen molar-refractivity contribution >= 4 is 11.9 Å². The molecule has 0 aromatic rings. The van der Waals surface area contributed by atoms with Crippen LogP contribution in [0, 0.1) is 0 Å². The smallest absolute Gasteiger partial charge is 0.351 e. The van der Waals surface area contributed by atoms with Crippen molar-refractivity contribution in [1.29, 1.82) is 0 Å². The minimum absolute atomic E-state index is 0.204. The van der Waals surface area contributed by atoms with Crippen LogP contribution >= 0.6 is 0 Å². The third-order valence-electron chi connectivity index (χ3n) is 1.45. The van der Waals surface area contributed by atoms with Crippen LogP contribution in [0.3, 0.4) is 0 Å². The van der Waals surface area contributed by atoms with Crippen LogP contribution in [0.5, 0.6) is 0 Å². The molecule has 0 aliphatic carbocycles. The SMILES string of the molecule is C=C(C)C(=O)ONC.O=C1CCCN1. The summed E-state index contributed by atoms with van der Waals surface area (Å²) in [7, 11) is 1.51. The standard InChI is InChI=1S/C5H9NO2.C4H7NO/c1-4(2)5(7)8-6-3;6-4-2-1-3-5-4/h6H,1H2,2-3H3;1-3H2,(H,5,6). The van der Waals surface area contributed by atoms with Gasteiger partial charge < -0.3 is 10.2 Å². The molecule has 80 valence electrons. The third kappa shape index (κ3) is 6.19. The van der Waals surface area contributed by atoms with Gasteiger partial charge >= 0.3 is 5.97 Å². The second-order valence-corrected chi connectivity index (χ2v) is 2.83. The summed E-state index contributed by atoms with van der Waals surface area (Å²) in [6.45, 7) is 5.83. The molecular formula is C9H16N2O3. The van der Waals surface area contributed by atoms with Crippen LogP contribution in [0.2, 0.25) is 0 Å². The number of carbonyl (C=O) groups is 2. The number of hydrogen-bond donors (Lipinski definition) is 2. The van der Waals surface area contributed by atoms with Gasteiger partial charge in [0.2, 0.25) is 5.91 Å². The Hall–Kier alpha value is -1.36. The van der Waals surface area contributed by atoms with Gasteiger partial charge in [-0.25, -0.2) is 4.79 Å². The van der Waals surface area contributed by atoms with E-state index in [9.17, 15) is 9.59 Å². The Kier molecular flexibility index (Phi) is 6.39.